The molecule has 0 bridgehead atoms. The van der Waals surface area contributed by atoms with E-state index in [4.69, 9.17) is 5.73 Å². The molecule has 0 spiro atoms. The summed E-state index contributed by atoms with van der Waals surface area (Å²) in [5.41, 5.74) is 8.01. The van der Waals surface area contributed by atoms with Gasteiger partial charge < -0.3 is 16.0 Å². The minimum atomic E-state index is -0.647. The molecule has 1 fully saturated rings. The molecular weight excluding hydrogens is 290 g/mol. The van der Waals surface area contributed by atoms with Gasteiger partial charge in [0.1, 0.15) is 6.04 Å². The molecule has 2 amide bonds. The molecule has 1 aromatic rings. The van der Waals surface area contributed by atoms with Crippen LogP contribution in [0.1, 0.15) is 43.9 Å². The number of nitrogens with two attached hydrogens (primary N) is 1. The molecule has 23 heavy (non-hydrogen) atoms. The largest absolute Gasteiger partial charge is 0.352 e. The Labute approximate surface area is 138 Å². The van der Waals surface area contributed by atoms with E-state index in [1.165, 1.54) is 0 Å². The van der Waals surface area contributed by atoms with Crippen molar-refractivity contribution in [3.63, 3.8) is 0 Å². The third-order valence-corrected chi connectivity index (χ3v) is 4.37. The van der Waals surface area contributed by atoms with Gasteiger partial charge in [0.05, 0.1) is 0 Å². The Bertz CT molecular complexity index is 546. The van der Waals surface area contributed by atoms with E-state index in [1.54, 1.807) is 0 Å². The van der Waals surface area contributed by atoms with Crippen LogP contribution in [0, 0.1) is 12.8 Å². The molecule has 0 saturated carbocycles. The number of aryl methyl sites for hydroxylation is 1. The van der Waals surface area contributed by atoms with Crippen molar-refractivity contribution in [1.82, 2.24) is 10.2 Å². The number of likely N-dealkylation sites (tertiary alicyclic amines) is 1. The summed E-state index contributed by atoms with van der Waals surface area (Å²) < 4.78 is 0. The van der Waals surface area contributed by atoms with Crippen LogP contribution in [0.25, 0.3) is 0 Å². The molecule has 1 aliphatic rings. The molecule has 0 radical (unpaired) electrons. The van der Waals surface area contributed by atoms with E-state index in [9.17, 15) is 9.59 Å². The summed E-state index contributed by atoms with van der Waals surface area (Å²) in [7, 11) is 0. The zero-order valence-electron chi connectivity index (χ0n) is 14.2. The maximum atomic E-state index is 12.3. The second-order valence-corrected chi connectivity index (χ2v) is 6.65. The van der Waals surface area contributed by atoms with Gasteiger partial charge >= 0.3 is 0 Å². The fraction of sp³-hybridized carbons (Fsp3) is 0.556. The number of hydrogen-bond donors (Lipinski definition) is 2. The number of carbonyl (C=O) groups is 2. The van der Waals surface area contributed by atoms with Crippen molar-refractivity contribution >= 4 is 11.8 Å². The predicted molar refractivity (Wildman–Crippen MR) is 90.7 cm³/mol. The van der Waals surface area contributed by atoms with Crippen molar-refractivity contribution in [3.8, 4) is 0 Å². The molecule has 5 heteroatoms. The van der Waals surface area contributed by atoms with Crippen LogP contribution < -0.4 is 11.1 Å². The Morgan fingerprint density at radius 3 is 2.26 bits per heavy atom. The Morgan fingerprint density at radius 1 is 1.17 bits per heavy atom. The van der Waals surface area contributed by atoms with Gasteiger partial charge in [0, 0.05) is 25.0 Å². The molecule has 0 aliphatic carbocycles. The third kappa shape index (κ3) is 4.55. The third-order valence-electron chi connectivity index (χ3n) is 4.37. The quantitative estimate of drug-likeness (QED) is 0.888. The van der Waals surface area contributed by atoms with Gasteiger partial charge in [0.15, 0.2) is 0 Å². The molecule has 1 aromatic carbocycles. The minimum absolute atomic E-state index is 0.0242. The van der Waals surface area contributed by atoms with E-state index < -0.39 is 6.04 Å². The molecule has 1 saturated heterocycles. The highest BCUT2D eigenvalue weighted by Crippen LogP contribution is 2.16. The number of rotatable bonds is 4. The van der Waals surface area contributed by atoms with E-state index in [1.807, 2.05) is 49.9 Å². The SMILES string of the molecule is Cc1ccc(C(N)C(=O)NC2CCN(C(=O)C(C)C)CC2)cc1. The van der Waals surface area contributed by atoms with E-state index >= 15 is 0 Å². The highest BCUT2D eigenvalue weighted by Gasteiger charge is 2.26. The fourth-order valence-electron chi connectivity index (χ4n) is 2.83. The van der Waals surface area contributed by atoms with Crippen LogP contribution in [0.5, 0.6) is 0 Å². The lowest BCUT2D eigenvalue weighted by Crippen LogP contribution is -2.49. The first-order valence-corrected chi connectivity index (χ1v) is 8.29. The average molecular weight is 317 g/mol. The molecular formula is C18H27N3O2. The summed E-state index contributed by atoms with van der Waals surface area (Å²) >= 11 is 0. The average Bonchev–Trinajstić information content (AvgIpc) is 2.54. The number of amides is 2. The second-order valence-electron chi connectivity index (χ2n) is 6.65. The topological polar surface area (TPSA) is 75.4 Å². The Balaban J connectivity index is 1.85. The van der Waals surface area contributed by atoms with Crippen molar-refractivity contribution in [2.75, 3.05) is 13.1 Å². The van der Waals surface area contributed by atoms with Crippen LogP contribution in [0.2, 0.25) is 0 Å². The Morgan fingerprint density at radius 2 is 1.74 bits per heavy atom. The normalized spacial score (nSPS) is 17.2. The van der Waals surface area contributed by atoms with Crippen LogP contribution in [-0.4, -0.2) is 35.8 Å². The number of nitrogens with zero attached hydrogens (tertiary/aromatic N) is 1. The van der Waals surface area contributed by atoms with E-state index in [0.29, 0.717) is 13.1 Å². The summed E-state index contributed by atoms with van der Waals surface area (Å²) in [5, 5.41) is 3.02. The van der Waals surface area contributed by atoms with Crippen LogP contribution in [0.15, 0.2) is 24.3 Å². The first-order valence-electron chi connectivity index (χ1n) is 8.29. The number of nitrogens with one attached hydrogen (secondary N) is 1. The molecule has 1 aliphatic heterocycles. The first-order chi connectivity index (χ1) is 10.9. The zero-order valence-corrected chi connectivity index (χ0v) is 14.2. The van der Waals surface area contributed by atoms with Crippen LogP contribution in [0.3, 0.4) is 0 Å². The molecule has 126 valence electrons. The number of piperidine rings is 1. The van der Waals surface area contributed by atoms with E-state index in [2.05, 4.69) is 5.32 Å². The van der Waals surface area contributed by atoms with Gasteiger partial charge in [-0.3, -0.25) is 9.59 Å². The summed E-state index contributed by atoms with van der Waals surface area (Å²) in [6.45, 7) is 7.22. The van der Waals surface area contributed by atoms with Gasteiger partial charge in [-0.2, -0.15) is 0 Å². The molecule has 1 heterocycles. The summed E-state index contributed by atoms with van der Waals surface area (Å²) in [5.74, 6) is 0.0599. The van der Waals surface area contributed by atoms with Crippen molar-refractivity contribution < 1.29 is 9.59 Å². The van der Waals surface area contributed by atoms with Crippen molar-refractivity contribution in [2.24, 2.45) is 11.7 Å². The maximum absolute atomic E-state index is 12.3. The lowest BCUT2D eigenvalue weighted by atomic mass is 10.0. The predicted octanol–water partition coefficient (Wildman–Crippen LogP) is 1.76. The highest BCUT2D eigenvalue weighted by atomic mass is 16.2. The standard InChI is InChI=1S/C18H27N3O2/c1-12(2)18(23)21-10-8-15(9-11-21)20-17(22)16(19)14-6-4-13(3)5-7-14/h4-7,12,15-16H,8-11,19H2,1-3H3,(H,20,22). The molecule has 1 unspecified atom stereocenters. The van der Waals surface area contributed by atoms with Gasteiger partial charge in [-0.05, 0) is 25.3 Å². The van der Waals surface area contributed by atoms with Gasteiger partial charge in [0.25, 0.3) is 0 Å². The van der Waals surface area contributed by atoms with Gasteiger partial charge in [-0.1, -0.05) is 43.7 Å². The van der Waals surface area contributed by atoms with Gasteiger partial charge in [0.2, 0.25) is 11.8 Å². The maximum Gasteiger partial charge on any atom is 0.241 e. The Hall–Kier alpha value is -1.88. The fourth-order valence-corrected chi connectivity index (χ4v) is 2.83. The van der Waals surface area contributed by atoms with Crippen LogP contribution in [0.4, 0.5) is 0 Å². The number of hydrogen-bond acceptors (Lipinski definition) is 3. The summed E-state index contributed by atoms with van der Waals surface area (Å²) in [6, 6.07) is 7.14. The lowest BCUT2D eigenvalue weighted by molar-refractivity contribution is -0.135. The van der Waals surface area contributed by atoms with Crippen LogP contribution in [-0.2, 0) is 9.59 Å². The minimum Gasteiger partial charge on any atom is -0.352 e. The number of benzene rings is 1. The monoisotopic (exact) mass is 317 g/mol. The smallest absolute Gasteiger partial charge is 0.241 e. The van der Waals surface area contributed by atoms with Crippen molar-refractivity contribution in [3.05, 3.63) is 35.4 Å². The van der Waals surface area contributed by atoms with Crippen LogP contribution >= 0.6 is 0 Å². The summed E-state index contributed by atoms with van der Waals surface area (Å²) in [4.78, 5) is 26.2. The Kier molecular flexibility index (Phi) is 5.77. The molecule has 5 nitrogen and oxygen atoms in total. The molecule has 3 N–H and O–H groups in total. The second kappa shape index (κ2) is 7.59. The molecule has 2 rings (SSSR count). The zero-order chi connectivity index (χ0) is 17.0. The number of carbonyl (C=O) groups excluding carboxylic acids is 2. The lowest BCUT2D eigenvalue weighted by Gasteiger charge is -2.33. The highest BCUT2D eigenvalue weighted by molar-refractivity contribution is 5.83. The van der Waals surface area contributed by atoms with Gasteiger partial charge in [-0.15, -0.1) is 0 Å². The van der Waals surface area contributed by atoms with Crippen molar-refractivity contribution in [1.29, 1.82) is 0 Å². The van der Waals surface area contributed by atoms with E-state index in [0.717, 1.165) is 24.0 Å². The molecule has 0 aromatic heterocycles. The van der Waals surface area contributed by atoms with Crippen molar-refractivity contribution in [2.45, 2.75) is 45.7 Å². The first kappa shape index (κ1) is 17.5. The van der Waals surface area contributed by atoms with E-state index in [-0.39, 0.29) is 23.8 Å². The molecule has 1 atom stereocenters. The van der Waals surface area contributed by atoms with Gasteiger partial charge in [-0.25, -0.2) is 0 Å². The summed E-state index contributed by atoms with van der Waals surface area (Å²) in [6.07, 6.45) is 1.57.